The van der Waals surface area contributed by atoms with Gasteiger partial charge in [-0.2, -0.15) is 0 Å². The van der Waals surface area contributed by atoms with Gasteiger partial charge in [0.05, 0.1) is 17.6 Å². The van der Waals surface area contributed by atoms with Crippen LogP contribution in [0.4, 0.5) is 5.82 Å². The normalized spacial score (nSPS) is 15.4. The summed E-state index contributed by atoms with van der Waals surface area (Å²) < 4.78 is 2.13. The Balaban J connectivity index is 1.38. The molecule has 1 aliphatic heterocycles. The van der Waals surface area contributed by atoms with Crippen LogP contribution >= 0.6 is 0 Å². The monoisotopic (exact) mass is 363 g/mol. The average molecular weight is 363 g/mol. The van der Waals surface area contributed by atoms with Crippen molar-refractivity contribution in [3.05, 3.63) is 54.5 Å². The number of imidazole rings is 1. The lowest BCUT2D eigenvalue weighted by Gasteiger charge is -2.37. The van der Waals surface area contributed by atoms with Crippen molar-refractivity contribution in [1.29, 1.82) is 0 Å². The standard InChI is InChI=1S/C20H25N7/c1-21-20(23-15-19-24-16-7-3-4-8-17(16)25(19)2)27-13-11-26(12-14-27)18-9-5-6-10-22-18/h3-10H,11-15H2,1-2H3,(H,21,23). The molecule has 1 N–H and O–H groups in total. The van der Waals surface area contributed by atoms with Crippen molar-refractivity contribution in [2.24, 2.45) is 12.0 Å². The summed E-state index contributed by atoms with van der Waals surface area (Å²) >= 11 is 0. The van der Waals surface area contributed by atoms with Crippen LogP contribution in [-0.2, 0) is 13.6 Å². The Morgan fingerprint density at radius 2 is 1.85 bits per heavy atom. The Kier molecular flexibility index (Phi) is 4.91. The number of anilines is 1. The first-order valence-corrected chi connectivity index (χ1v) is 9.28. The number of aryl methyl sites for hydroxylation is 1. The summed E-state index contributed by atoms with van der Waals surface area (Å²) in [4.78, 5) is 18.3. The van der Waals surface area contributed by atoms with E-state index in [-0.39, 0.29) is 0 Å². The first-order valence-electron chi connectivity index (χ1n) is 9.28. The molecule has 7 nitrogen and oxygen atoms in total. The van der Waals surface area contributed by atoms with E-state index in [0.717, 1.165) is 54.8 Å². The highest BCUT2D eigenvalue weighted by molar-refractivity contribution is 5.80. The third kappa shape index (κ3) is 3.58. The van der Waals surface area contributed by atoms with Crippen molar-refractivity contribution in [1.82, 2.24) is 24.8 Å². The fourth-order valence-electron chi connectivity index (χ4n) is 3.53. The van der Waals surface area contributed by atoms with E-state index in [4.69, 9.17) is 4.98 Å². The number of guanidine groups is 1. The van der Waals surface area contributed by atoms with E-state index in [1.807, 2.05) is 43.6 Å². The summed E-state index contributed by atoms with van der Waals surface area (Å²) in [5.41, 5.74) is 2.17. The zero-order valence-corrected chi connectivity index (χ0v) is 15.8. The van der Waals surface area contributed by atoms with E-state index in [1.54, 1.807) is 0 Å². The lowest BCUT2D eigenvalue weighted by atomic mass is 10.3. The van der Waals surface area contributed by atoms with Crippen LogP contribution in [0.3, 0.4) is 0 Å². The van der Waals surface area contributed by atoms with Crippen molar-refractivity contribution in [2.75, 3.05) is 38.1 Å². The van der Waals surface area contributed by atoms with Gasteiger partial charge in [0, 0.05) is 46.5 Å². The van der Waals surface area contributed by atoms with Gasteiger partial charge in [0.2, 0.25) is 0 Å². The van der Waals surface area contributed by atoms with E-state index in [2.05, 4.69) is 48.8 Å². The Morgan fingerprint density at radius 1 is 1.07 bits per heavy atom. The van der Waals surface area contributed by atoms with Gasteiger partial charge in [-0.25, -0.2) is 9.97 Å². The summed E-state index contributed by atoms with van der Waals surface area (Å²) in [5, 5.41) is 3.47. The number of hydrogen-bond donors (Lipinski definition) is 1. The van der Waals surface area contributed by atoms with Crippen LogP contribution in [0, 0.1) is 0 Å². The first-order chi connectivity index (χ1) is 13.3. The molecule has 140 valence electrons. The average Bonchev–Trinajstić information content (AvgIpc) is 3.05. The Bertz CT molecular complexity index is 924. The van der Waals surface area contributed by atoms with Crippen molar-refractivity contribution in [3.63, 3.8) is 0 Å². The number of nitrogens with zero attached hydrogens (tertiary/aromatic N) is 6. The molecular formula is C20H25N7. The van der Waals surface area contributed by atoms with E-state index in [9.17, 15) is 0 Å². The van der Waals surface area contributed by atoms with Gasteiger partial charge < -0.3 is 19.7 Å². The van der Waals surface area contributed by atoms with Crippen LogP contribution in [0.1, 0.15) is 5.82 Å². The first kappa shape index (κ1) is 17.3. The van der Waals surface area contributed by atoms with E-state index in [1.165, 1.54) is 0 Å². The van der Waals surface area contributed by atoms with Gasteiger partial charge in [-0.15, -0.1) is 0 Å². The number of aromatic nitrogens is 3. The van der Waals surface area contributed by atoms with E-state index < -0.39 is 0 Å². The molecular weight excluding hydrogens is 338 g/mol. The third-order valence-corrected chi connectivity index (χ3v) is 5.05. The molecule has 1 fully saturated rings. The molecule has 0 radical (unpaired) electrons. The highest BCUT2D eigenvalue weighted by Crippen LogP contribution is 2.15. The molecule has 0 unspecified atom stereocenters. The molecule has 0 spiro atoms. The molecule has 3 heterocycles. The number of rotatable bonds is 3. The second kappa shape index (κ2) is 7.65. The Hall–Kier alpha value is -3.09. The van der Waals surface area contributed by atoms with Gasteiger partial charge in [0.1, 0.15) is 11.6 Å². The van der Waals surface area contributed by atoms with Crippen LogP contribution in [0.25, 0.3) is 11.0 Å². The number of piperazine rings is 1. The Labute approximate surface area is 159 Å². The number of benzene rings is 1. The van der Waals surface area contributed by atoms with Gasteiger partial charge in [-0.3, -0.25) is 4.99 Å². The molecule has 0 amide bonds. The minimum Gasteiger partial charge on any atom is -0.353 e. The molecule has 0 atom stereocenters. The molecule has 1 saturated heterocycles. The molecule has 1 aliphatic rings. The number of nitrogens with one attached hydrogen (secondary N) is 1. The number of fused-ring (bicyclic) bond motifs is 1. The SMILES string of the molecule is CN=C(NCc1nc2ccccc2n1C)N1CCN(c2ccccn2)CC1. The fourth-order valence-corrected chi connectivity index (χ4v) is 3.53. The minimum absolute atomic E-state index is 0.651. The topological polar surface area (TPSA) is 61.6 Å². The summed E-state index contributed by atoms with van der Waals surface area (Å²) in [7, 11) is 3.89. The summed E-state index contributed by atoms with van der Waals surface area (Å²) in [6.07, 6.45) is 1.85. The smallest absolute Gasteiger partial charge is 0.194 e. The quantitative estimate of drug-likeness (QED) is 0.569. The summed E-state index contributed by atoms with van der Waals surface area (Å²) in [6, 6.07) is 14.3. The maximum absolute atomic E-state index is 4.73. The van der Waals surface area contributed by atoms with Crippen LogP contribution in [0.5, 0.6) is 0 Å². The second-order valence-electron chi connectivity index (χ2n) is 6.64. The van der Waals surface area contributed by atoms with Crippen molar-refractivity contribution in [3.8, 4) is 0 Å². The van der Waals surface area contributed by atoms with Crippen LogP contribution in [0.15, 0.2) is 53.7 Å². The molecule has 1 aromatic carbocycles. The Morgan fingerprint density at radius 3 is 2.56 bits per heavy atom. The predicted octanol–water partition coefficient (Wildman–Crippen LogP) is 1.87. The molecule has 0 saturated carbocycles. The van der Waals surface area contributed by atoms with Crippen molar-refractivity contribution < 1.29 is 0 Å². The van der Waals surface area contributed by atoms with E-state index >= 15 is 0 Å². The summed E-state index contributed by atoms with van der Waals surface area (Å²) in [5.74, 6) is 2.96. The molecule has 3 aromatic rings. The number of hydrogen-bond acceptors (Lipinski definition) is 4. The minimum atomic E-state index is 0.651. The van der Waals surface area contributed by atoms with Crippen LogP contribution < -0.4 is 10.2 Å². The molecule has 7 heteroatoms. The number of aliphatic imine (C=N–C) groups is 1. The van der Waals surface area contributed by atoms with E-state index in [0.29, 0.717) is 6.54 Å². The largest absolute Gasteiger partial charge is 0.353 e. The van der Waals surface area contributed by atoms with Gasteiger partial charge in [0.15, 0.2) is 5.96 Å². The van der Waals surface area contributed by atoms with Crippen LogP contribution in [0.2, 0.25) is 0 Å². The third-order valence-electron chi connectivity index (χ3n) is 5.05. The molecule has 0 aliphatic carbocycles. The van der Waals surface area contributed by atoms with Crippen molar-refractivity contribution >= 4 is 22.8 Å². The van der Waals surface area contributed by atoms with Gasteiger partial charge in [-0.05, 0) is 24.3 Å². The molecule has 4 rings (SSSR count). The predicted molar refractivity (Wildman–Crippen MR) is 109 cm³/mol. The van der Waals surface area contributed by atoms with Crippen LogP contribution in [-0.4, -0.2) is 58.6 Å². The maximum Gasteiger partial charge on any atom is 0.194 e. The number of pyridine rings is 1. The van der Waals surface area contributed by atoms with Crippen molar-refractivity contribution in [2.45, 2.75) is 6.54 Å². The highest BCUT2D eigenvalue weighted by Gasteiger charge is 2.20. The fraction of sp³-hybridized carbons (Fsp3) is 0.350. The maximum atomic E-state index is 4.73. The molecule has 0 bridgehead atoms. The molecule has 27 heavy (non-hydrogen) atoms. The zero-order chi connectivity index (χ0) is 18.6. The zero-order valence-electron chi connectivity index (χ0n) is 15.8. The number of para-hydroxylation sites is 2. The second-order valence-corrected chi connectivity index (χ2v) is 6.64. The lowest BCUT2D eigenvalue weighted by molar-refractivity contribution is 0.370. The summed E-state index contributed by atoms with van der Waals surface area (Å²) in [6.45, 7) is 4.35. The molecule has 2 aromatic heterocycles. The highest BCUT2D eigenvalue weighted by atomic mass is 15.4. The van der Waals surface area contributed by atoms with Gasteiger partial charge >= 0.3 is 0 Å². The lowest BCUT2D eigenvalue weighted by Crippen LogP contribution is -2.52. The van der Waals surface area contributed by atoms with Gasteiger partial charge in [-0.1, -0.05) is 18.2 Å². The van der Waals surface area contributed by atoms with Gasteiger partial charge in [0.25, 0.3) is 0 Å².